The molecule has 1 aliphatic carbocycles. The Bertz CT molecular complexity index is 1080. The number of ketones is 1. The zero-order valence-electron chi connectivity index (χ0n) is 17.1. The van der Waals surface area contributed by atoms with Gasteiger partial charge in [0.1, 0.15) is 0 Å². The Morgan fingerprint density at radius 2 is 1.53 bits per heavy atom. The van der Waals surface area contributed by atoms with E-state index < -0.39 is 29.2 Å². The number of benzene rings is 2. The lowest BCUT2D eigenvalue weighted by Crippen LogP contribution is -2.64. The van der Waals surface area contributed by atoms with Crippen LogP contribution in [0.1, 0.15) is 29.0 Å². The second-order valence-electron chi connectivity index (χ2n) is 7.88. The lowest BCUT2D eigenvalue weighted by atomic mass is 9.68. The molecule has 0 N–H and O–H groups in total. The smallest absolute Gasteiger partial charge is 0.294 e. The van der Waals surface area contributed by atoms with E-state index in [0.717, 1.165) is 26.5 Å². The van der Waals surface area contributed by atoms with Crippen molar-refractivity contribution in [3.8, 4) is 0 Å². The third kappa shape index (κ3) is 2.71. The first-order chi connectivity index (χ1) is 14.3. The highest BCUT2D eigenvalue weighted by molar-refractivity contribution is 6.28. The highest BCUT2D eigenvalue weighted by Gasteiger charge is 2.66. The van der Waals surface area contributed by atoms with Crippen LogP contribution < -0.4 is 0 Å². The summed E-state index contributed by atoms with van der Waals surface area (Å²) >= 11 is 0. The minimum Gasteiger partial charge on any atom is -0.294 e. The van der Waals surface area contributed by atoms with Gasteiger partial charge < -0.3 is 0 Å². The van der Waals surface area contributed by atoms with Crippen LogP contribution in [0.25, 0.3) is 6.08 Å². The van der Waals surface area contributed by atoms with Crippen molar-refractivity contribution < 1.29 is 19.2 Å². The van der Waals surface area contributed by atoms with Gasteiger partial charge in [0, 0.05) is 32.0 Å². The predicted molar refractivity (Wildman–Crippen MR) is 111 cm³/mol. The topological polar surface area (TPSA) is 74.8 Å². The lowest BCUT2D eigenvalue weighted by molar-refractivity contribution is -0.155. The number of barbiturate groups is 1. The van der Waals surface area contributed by atoms with Crippen LogP contribution in [0.15, 0.2) is 60.2 Å². The Labute approximate surface area is 174 Å². The number of hydrogen-bond donors (Lipinski definition) is 0. The number of urea groups is 1. The van der Waals surface area contributed by atoms with E-state index in [1.54, 1.807) is 6.08 Å². The molecule has 1 saturated heterocycles. The summed E-state index contributed by atoms with van der Waals surface area (Å²) in [5.74, 6) is -2.26. The van der Waals surface area contributed by atoms with Crippen LogP contribution in [-0.4, -0.2) is 47.5 Å². The Balaban J connectivity index is 2.00. The van der Waals surface area contributed by atoms with Gasteiger partial charge in [-0.15, -0.1) is 0 Å². The normalized spacial score (nSPS) is 22.5. The van der Waals surface area contributed by atoms with Crippen LogP contribution in [-0.2, 0) is 14.4 Å². The van der Waals surface area contributed by atoms with Gasteiger partial charge in [-0.2, -0.15) is 0 Å². The van der Waals surface area contributed by atoms with Crippen LogP contribution in [0.3, 0.4) is 0 Å². The summed E-state index contributed by atoms with van der Waals surface area (Å²) in [6, 6.07) is 15.9. The fraction of sp³-hybridized carbons (Fsp3) is 0.250. The molecule has 1 heterocycles. The number of nitrogens with zero attached hydrogens (tertiary/aromatic N) is 2. The number of hydrogen-bond acceptors (Lipinski definition) is 4. The molecule has 1 aliphatic heterocycles. The average molecular weight is 402 g/mol. The minimum atomic E-state index is -1.76. The van der Waals surface area contributed by atoms with Crippen molar-refractivity contribution in [1.29, 1.82) is 0 Å². The van der Waals surface area contributed by atoms with E-state index in [1.807, 2.05) is 61.5 Å². The maximum atomic E-state index is 13.6. The molecule has 152 valence electrons. The molecule has 0 radical (unpaired) electrons. The molecule has 30 heavy (non-hydrogen) atoms. The van der Waals surface area contributed by atoms with E-state index in [-0.39, 0.29) is 17.8 Å². The number of carbonyl (C=O) groups excluding carboxylic acids is 4. The predicted octanol–water partition coefficient (Wildman–Crippen LogP) is 3.17. The van der Waals surface area contributed by atoms with Crippen molar-refractivity contribution in [3.05, 3.63) is 76.9 Å². The Hall–Kier alpha value is -3.54. The molecule has 1 atom stereocenters. The van der Waals surface area contributed by atoms with E-state index in [1.165, 1.54) is 14.1 Å². The second-order valence-corrected chi connectivity index (χ2v) is 7.88. The first-order valence-electron chi connectivity index (χ1n) is 9.75. The summed E-state index contributed by atoms with van der Waals surface area (Å²) in [4.78, 5) is 54.7. The van der Waals surface area contributed by atoms with Gasteiger partial charge in [0.25, 0.3) is 11.8 Å². The van der Waals surface area contributed by atoms with Gasteiger partial charge >= 0.3 is 6.03 Å². The Morgan fingerprint density at radius 3 is 2.13 bits per heavy atom. The SMILES string of the molecule is Cc1cccc(/C=C2/C(=O)CC(c3ccccc3)C23C(=O)N(C)C(=O)N(C)C3=O)c1. The quantitative estimate of drug-likeness (QED) is 0.571. The highest BCUT2D eigenvalue weighted by atomic mass is 16.2. The van der Waals surface area contributed by atoms with Crippen molar-refractivity contribution in [2.24, 2.45) is 5.41 Å². The third-order valence-corrected chi connectivity index (χ3v) is 6.05. The molecule has 0 bridgehead atoms. The van der Waals surface area contributed by atoms with E-state index in [4.69, 9.17) is 0 Å². The summed E-state index contributed by atoms with van der Waals surface area (Å²) in [5, 5.41) is 0. The van der Waals surface area contributed by atoms with Gasteiger partial charge in [-0.05, 0) is 24.1 Å². The van der Waals surface area contributed by atoms with Crippen LogP contribution in [0.4, 0.5) is 4.79 Å². The van der Waals surface area contributed by atoms with Gasteiger partial charge in [-0.25, -0.2) is 4.79 Å². The molecule has 2 fully saturated rings. The van der Waals surface area contributed by atoms with Gasteiger partial charge in [0.2, 0.25) is 0 Å². The van der Waals surface area contributed by atoms with E-state index in [2.05, 4.69) is 0 Å². The van der Waals surface area contributed by atoms with Crippen LogP contribution in [0.2, 0.25) is 0 Å². The largest absolute Gasteiger partial charge is 0.332 e. The number of rotatable bonds is 2. The molecule has 1 unspecified atom stereocenters. The molecule has 1 spiro atoms. The number of Topliss-reactive ketones (excluding diaryl/α,β-unsaturated/α-hetero) is 1. The number of carbonyl (C=O) groups is 4. The van der Waals surface area contributed by atoms with E-state index in [0.29, 0.717) is 0 Å². The maximum Gasteiger partial charge on any atom is 0.332 e. The fourth-order valence-corrected chi connectivity index (χ4v) is 4.58. The summed E-state index contributed by atoms with van der Waals surface area (Å²) in [6.07, 6.45) is 1.65. The second kappa shape index (κ2) is 7.06. The zero-order valence-corrected chi connectivity index (χ0v) is 17.1. The van der Waals surface area contributed by atoms with Crippen molar-refractivity contribution in [3.63, 3.8) is 0 Å². The van der Waals surface area contributed by atoms with Crippen LogP contribution >= 0.6 is 0 Å². The Morgan fingerprint density at radius 1 is 0.900 bits per heavy atom. The molecular weight excluding hydrogens is 380 g/mol. The maximum absolute atomic E-state index is 13.6. The number of amides is 4. The van der Waals surface area contributed by atoms with Gasteiger partial charge in [-0.1, -0.05) is 60.2 Å². The molecule has 6 heteroatoms. The van der Waals surface area contributed by atoms with Crippen LogP contribution in [0.5, 0.6) is 0 Å². The lowest BCUT2D eigenvalue weighted by Gasteiger charge is -2.43. The van der Waals surface area contributed by atoms with Crippen molar-refractivity contribution >= 4 is 29.7 Å². The Kier molecular flexibility index (Phi) is 4.65. The standard InChI is InChI=1S/C24H22N2O4/c1-15-8-7-9-16(12-15)13-19-20(27)14-18(17-10-5-4-6-11-17)24(19)21(28)25(2)23(30)26(3)22(24)29/h4-13,18H,14H2,1-3H3/b19-13-. The fourth-order valence-electron chi connectivity index (χ4n) is 4.58. The summed E-state index contributed by atoms with van der Waals surface area (Å²) < 4.78 is 0. The molecule has 1 saturated carbocycles. The summed E-state index contributed by atoms with van der Waals surface area (Å²) in [6.45, 7) is 1.93. The number of imide groups is 2. The van der Waals surface area contributed by atoms with E-state index in [9.17, 15) is 19.2 Å². The van der Waals surface area contributed by atoms with Crippen LogP contribution in [0, 0.1) is 12.3 Å². The van der Waals surface area contributed by atoms with Gasteiger partial charge in [0.05, 0.1) is 0 Å². The van der Waals surface area contributed by atoms with Gasteiger partial charge in [0.15, 0.2) is 11.2 Å². The summed E-state index contributed by atoms with van der Waals surface area (Å²) in [7, 11) is 2.70. The number of aryl methyl sites for hydroxylation is 1. The molecule has 0 aromatic heterocycles. The molecule has 2 aromatic rings. The monoisotopic (exact) mass is 402 g/mol. The first-order valence-corrected chi connectivity index (χ1v) is 9.75. The van der Waals surface area contributed by atoms with Crippen molar-refractivity contribution in [2.45, 2.75) is 19.3 Å². The molecular formula is C24H22N2O4. The van der Waals surface area contributed by atoms with Crippen molar-refractivity contribution in [1.82, 2.24) is 9.80 Å². The van der Waals surface area contributed by atoms with E-state index >= 15 is 0 Å². The average Bonchev–Trinajstić information content (AvgIpc) is 3.03. The summed E-state index contributed by atoms with van der Waals surface area (Å²) in [5.41, 5.74) is 0.822. The first kappa shape index (κ1) is 19.8. The highest BCUT2D eigenvalue weighted by Crippen LogP contribution is 2.55. The van der Waals surface area contributed by atoms with Gasteiger partial charge in [-0.3, -0.25) is 24.2 Å². The van der Waals surface area contributed by atoms with Crippen molar-refractivity contribution in [2.75, 3.05) is 14.1 Å². The molecule has 4 rings (SSSR count). The molecule has 4 amide bonds. The molecule has 6 nitrogen and oxygen atoms in total. The third-order valence-electron chi connectivity index (χ3n) is 6.05. The molecule has 2 aliphatic rings. The minimum absolute atomic E-state index is 0.0228. The molecule has 2 aromatic carbocycles. The zero-order chi connectivity index (χ0) is 21.6.